The fourth-order valence-electron chi connectivity index (χ4n) is 3.73. The summed E-state index contributed by atoms with van der Waals surface area (Å²) in [6, 6.07) is 7.81. The van der Waals surface area contributed by atoms with Gasteiger partial charge in [0.25, 0.3) is 0 Å². The first kappa shape index (κ1) is 12.8. The van der Waals surface area contributed by atoms with E-state index < -0.39 is 0 Å². The van der Waals surface area contributed by atoms with Gasteiger partial charge in [-0.05, 0) is 42.5 Å². The standard InChI is InChI=1S/C17H25N3/c1-2-14-12-18-7-6-17(14)15(3-1)13-19-8-10-20(11-9-19)16-4-5-16/h1-3,16,18H,4-13H2. The van der Waals surface area contributed by atoms with Crippen LogP contribution in [-0.4, -0.2) is 48.6 Å². The van der Waals surface area contributed by atoms with Crippen LogP contribution in [0.5, 0.6) is 0 Å². The van der Waals surface area contributed by atoms with Crippen molar-refractivity contribution in [3.8, 4) is 0 Å². The Morgan fingerprint density at radius 1 is 1.10 bits per heavy atom. The molecule has 1 saturated heterocycles. The largest absolute Gasteiger partial charge is 0.312 e. The molecule has 1 N–H and O–H groups in total. The molecule has 0 unspecified atom stereocenters. The Hall–Kier alpha value is -0.900. The van der Waals surface area contributed by atoms with E-state index in [0.29, 0.717) is 0 Å². The molecule has 0 aromatic heterocycles. The van der Waals surface area contributed by atoms with Crippen molar-refractivity contribution in [2.45, 2.75) is 38.4 Å². The molecule has 3 heteroatoms. The SMILES string of the molecule is c1cc2c(c(CN3CCN(C4CC4)CC3)c1)CCNC2. The molecule has 0 radical (unpaired) electrons. The van der Waals surface area contributed by atoms with E-state index in [2.05, 4.69) is 33.3 Å². The molecule has 0 amide bonds. The van der Waals surface area contributed by atoms with Crippen LogP contribution in [0, 0.1) is 0 Å². The summed E-state index contributed by atoms with van der Waals surface area (Å²) in [6.07, 6.45) is 4.09. The number of nitrogens with one attached hydrogen (secondary N) is 1. The normalized spacial score (nSPS) is 24.6. The number of hydrogen-bond acceptors (Lipinski definition) is 3. The molecule has 1 saturated carbocycles. The zero-order valence-electron chi connectivity index (χ0n) is 12.3. The minimum atomic E-state index is 0.938. The number of nitrogens with zero attached hydrogens (tertiary/aromatic N) is 2. The summed E-state index contributed by atoms with van der Waals surface area (Å²) in [5.74, 6) is 0. The highest BCUT2D eigenvalue weighted by atomic mass is 15.3. The third kappa shape index (κ3) is 2.62. The molecule has 108 valence electrons. The van der Waals surface area contributed by atoms with Gasteiger partial charge in [-0.15, -0.1) is 0 Å². The Kier molecular flexibility index (Phi) is 3.51. The maximum atomic E-state index is 3.48. The van der Waals surface area contributed by atoms with Crippen LogP contribution in [0.4, 0.5) is 0 Å². The Balaban J connectivity index is 1.41. The highest BCUT2D eigenvalue weighted by Crippen LogP contribution is 2.28. The lowest BCUT2D eigenvalue weighted by Gasteiger charge is -2.35. The average Bonchev–Trinajstić information content (AvgIpc) is 3.33. The van der Waals surface area contributed by atoms with E-state index in [4.69, 9.17) is 0 Å². The summed E-state index contributed by atoms with van der Waals surface area (Å²) in [5, 5.41) is 3.48. The summed E-state index contributed by atoms with van der Waals surface area (Å²) in [7, 11) is 0. The van der Waals surface area contributed by atoms with Crippen molar-refractivity contribution in [1.29, 1.82) is 0 Å². The van der Waals surface area contributed by atoms with Gasteiger partial charge in [0.05, 0.1) is 0 Å². The highest BCUT2D eigenvalue weighted by molar-refractivity contribution is 5.37. The first-order valence-corrected chi connectivity index (χ1v) is 8.17. The predicted molar refractivity (Wildman–Crippen MR) is 81.7 cm³/mol. The number of rotatable bonds is 3. The van der Waals surface area contributed by atoms with E-state index in [1.54, 1.807) is 11.1 Å². The van der Waals surface area contributed by atoms with Crippen LogP contribution < -0.4 is 5.32 Å². The Morgan fingerprint density at radius 3 is 2.75 bits per heavy atom. The molecule has 1 aromatic carbocycles. The van der Waals surface area contributed by atoms with Crippen molar-refractivity contribution in [3.05, 3.63) is 34.9 Å². The fraction of sp³-hybridized carbons (Fsp3) is 0.647. The molecule has 0 spiro atoms. The number of fused-ring (bicyclic) bond motifs is 1. The summed E-state index contributed by atoms with van der Waals surface area (Å²) in [5.41, 5.74) is 4.71. The molecule has 3 nitrogen and oxygen atoms in total. The maximum Gasteiger partial charge on any atom is 0.0237 e. The van der Waals surface area contributed by atoms with Crippen molar-refractivity contribution < 1.29 is 0 Å². The molecule has 0 atom stereocenters. The molecule has 2 aliphatic heterocycles. The van der Waals surface area contributed by atoms with Crippen LogP contribution >= 0.6 is 0 Å². The lowest BCUT2D eigenvalue weighted by Crippen LogP contribution is -2.46. The first-order valence-electron chi connectivity index (χ1n) is 8.17. The van der Waals surface area contributed by atoms with E-state index >= 15 is 0 Å². The minimum Gasteiger partial charge on any atom is -0.312 e. The Morgan fingerprint density at radius 2 is 1.95 bits per heavy atom. The van der Waals surface area contributed by atoms with E-state index in [9.17, 15) is 0 Å². The molecular formula is C17H25N3. The average molecular weight is 271 g/mol. The smallest absolute Gasteiger partial charge is 0.0237 e. The molecule has 4 rings (SSSR count). The zero-order chi connectivity index (χ0) is 13.4. The van der Waals surface area contributed by atoms with Gasteiger partial charge >= 0.3 is 0 Å². The molecule has 2 heterocycles. The molecule has 3 aliphatic rings. The van der Waals surface area contributed by atoms with Crippen LogP contribution in [0.1, 0.15) is 29.5 Å². The zero-order valence-corrected chi connectivity index (χ0v) is 12.3. The highest BCUT2D eigenvalue weighted by Gasteiger charge is 2.31. The van der Waals surface area contributed by atoms with Gasteiger partial charge in [-0.1, -0.05) is 18.2 Å². The number of piperazine rings is 1. The number of hydrogen-bond donors (Lipinski definition) is 1. The van der Waals surface area contributed by atoms with Gasteiger partial charge in [0.2, 0.25) is 0 Å². The van der Waals surface area contributed by atoms with Crippen LogP contribution in [0.25, 0.3) is 0 Å². The fourth-order valence-corrected chi connectivity index (χ4v) is 3.73. The van der Waals surface area contributed by atoms with Crippen molar-refractivity contribution in [2.24, 2.45) is 0 Å². The minimum absolute atomic E-state index is 0.938. The van der Waals surface area contributed by atoms with Crippen LogP contribution in [0.2, 0.25) is 0 Å². The quantitative estimate of drug-likeness (QED) is 0.901. The summed E-state index contributed by atoms with van der Waals surface area (Å²) in [6.45, 7) is 8.40. The second kappa shape index (κ2) is 5.47. The summed E-state index contributed by atoms with van der Waals surface area (Å²) in [4.78, 5) is 5.34. The van der Waals surface area contributed by atoms with Gasteiger partial charge in [-0.2, -0.15) is 0 Å². The van der Waals surface area contributed by atoms with E-state index in [0.717, 1.165) is 25.7 Å². The number of benzene rings is 1. The van der Waals surface area contributed by atoms with E-state index in [-0.39, 0.29) is 0 Å². The van der Waals surface area contributed by atoms with Crippen LogP contribution in [0.3, 0.4) is 0 Å². The molecular weight excluding hydrogens is 246 g/mol. The van der Waals surface area contributed by atoms with Gasteiger partial charge in [-0.25, -0.2) is 0 Å². The van der Waals surface area contributed by atoms with Gasteiger partial charge in [0.1, 0.15) is 0 Å². The Labute approximate surface area is 121 Å². The van der Waals surface area contributed by atoms with Crippen LogP contribution in [0.15, 0.2) is 18.2 Å². The first-order chi connectivity index (χ1) is 9.90. The van der Waals surface area contributed by atoms with Crippen molar-refractivity contribution >= 4 is 0 Å². The monoisotopic (exact) mass is 271 g/mol. The van der Waals surface area contributed by atoms with Gasteiger partial charge < -0.3 is 5.32 Å². The molecule has 20 heavy (non-hydrogen) atoms. The van der Waals surface area contributed by atoms with Gasteiger partial charge in [0, 0.05) is 45.3 Å². The van der Waals surface area contributed by atoms with Gasteiger partial charge in [0.15, 0.2) is 0 Å². The molecule has 1 aliphatic carbocycles. The van der Waals surface area contributed by atoms with Crippen molar-refractivity contribution in [2.75, 3.05) is 32.7 Å². The van der Waals surface area contributed by atoms with E-state index in [1.807, 2.05) is 0 Å². The summed E-state index contributed by atoms with van der Waals surface area (Å²) >= 11 is 0. The lowest BCUT2D eigenvalue weighted by molar-refractivity contribution is 0.121. The molecule has 0 bridgehead atoms. The molecule has 1 aromatic rings. The van der Waals surface area contributed by atoms with Gasteiger partial charge in [-0.3, -0.25) is 9.80 Å². The summed E-state index contributed by atoms with van der Waals surface area (Å²) < 4.78 is 0. The second-order valence-electron chi connectivity index (χ2n) is 6.52. The third-order valence-electron chi connectivity index (χ3n) is 5.10. The van der Waals surface area contributed by atoms with Crippen molar-refractivity contribution in [1.82, 2.24) is 15.1 Å². The topological polar surface area (TPSA) is 18.5 Å². The van der Waals surface area contributed by atoms with E-state index in [1.165, 1.54) is 51.0 Å². The lowest BCUT2D eigenvalue weighted by atomic mass is 9.95. The maximum absolute atomic E-state index is 3.48. The predicted octanol–water partition coefficient (Wildman–Crippen LogP) is 1.61. The Bertz CT molecular complexity index is 473. The molecule has 2 fully saturated rings. The second-order valence-corrected chi connectivity index (χ2v) is 6.52. The van der Waals surface area contributed by atoms with Crippen molar-refractivity contribution in [3.63, 3.8) is 0 Å². The third-order valence-corrected chi connectivity index (χ3v) is 5.10. The van der Waals surface area contributed by atoms with Crippen LogP contribution in [-0.2, 0) is 19.5 Å².